The summed E-state index contributed by atoms with van der Waals surface area (Å²) in [4.78, 5) is 14.7. The van der Waals surface area contributed by atoms with E-state index in [4.69, 9.17) is 0 Å². The third kappa shape index (κ3) is 3.25. The van der Waals surface area contributed by atoms with Crippen molar-refractivity contribution in [2.75, 3.05) is 5.75 Å². The number of carbonyl (C=O) groups is 1. The summed E-state index contributed by atoms with van der Waals surface area (Å²) in [5.41, 5.74) is 2.05. The fourth-order valence-electron chi connectivity index (χ4n) is 1.22. The number of rotatable bonds is 3. The van der Waals surface area contributed by atoms with Crippen molar-refractivity contribution in [3.05, 3.63) is 47.7 Å². The Balaban J connectivity index is 1.90. The van der Waals surface area contributed by atoms with Crippen molar-refractivity contribution in [1.29, 1.82) is 0 Å². The molecule has 0 amide bonds. The van der Waals surface area contributed by atoms with E-state index in [1.165, 1.54) is 5.56 Å². The zero-order valence-corrected chi connectivity index (χ0v) is 10.3. The van der Waals surface area contributed by atoms with E-state index in [0.717, 1.165) is 27.7 Å². The van der Waals surface area contributed by atoms with Gasteiger partial charge in [-0.1, -0.05) is 53.9 Å². The average molecular weight is 249 g/mol. The van der Waals surface area contributed by atoms with Crippen LogP contribution < -0.4 is 0 Å². The first-order valence-electron chi connectivity index (χ1n) is 4.90. The quantitative estimate of drug-likeness (QED) is 0.771. The molecule has 0 fully saturated rings. The summed E-state index contributed by atoms with van der Waals surface area (Å²) in [6.07, 6.45) is 2.53. The van der Waals surface area contributed by atoms with Crippen molar-refractivity contribution in [3.63, 3.8) is 0 Å². The van der Waals surface area contributed by atoms with Gasteiger partial charge >= 0.3 is 0 Å². The van der Waals surface area contributed by atoms with E-state index in [2.05, 4.69) is 17.1 Å². The molecule has 0 saturated carbocycles. The molecule has 0 spiro atoms. The molecule has 0 aliphatic carbocycles. The molecule has 2 rings (SSSR count). The molecule has 1 aromatic rings. The Kier molecular flexibility index (Phi) is 4.25. The third-order valence-electron chi connectivity index (χ3n) is 2.05. The Labute approximate surface area is 103 Å². The Bertz CT molecular complexity index is 426. The molecule has 0 aromatic heterocycles. The third-order valence-corrected chi connectivity index (χ3v) is 4.42. The van der Waals surface area contributed by atoms with Crippen LogP contribution in [-0.2, 0) is 10.5 Å². The first-order chi connectivity index (χ1) is 7.88. The van der Waals surface area contributed by atoms with Gasteiger partial charge in [-0.15, -0.1) is 0 Å². The number of nitrogens with zero attached hydrogens (tertiary/aromatic N) is 1. The molecular weight excluding hydrogens is 238 g/mol. The lowest BCUT2D eigenvalue weighted by Gasteiger charge is -2.08. The van der Waals surface area contributed by atoms with Crippen LogP contribution in [0.1, 0.15) is 5.56 Å². The monoisotopic (exact) mass is 249 g/mol. The van der Waals surface area contributed by atoms with Gasteiger partial charge in [0.15, 0.2) is 0 Å². The van der Waals surface area contributed by atoms with Gasteiger partial charge in [-0.2, -0.15) is 0 Å². The number of aliphatic imine (C=N–C) groups is 1. The molecule has 2 nitrogen and oxygen atoms in total. The van der Waals surface area contributed by atoms with Gasteiger partial charge in [0, 0.05) is 23.3 Å². The molecule has 0 bridgehead atoms. The number of aldehydes is 1. The second-order valence-electron chi connectivity index (χ2n) is 3.28. The predicted octanol–water partition coefficient (Wildman–Crippen LogP) is 3.11. The smallest absolute Gasteiger partial charge is 0.148 e. The lowest BCUT2D eigenvalue weighted by molar-refractivity contribution is -0.104. The second kappa shape index (κ2) is 5.92. The van der Waals surface area contributed by atoms with Crippen LogP contribution >= 0.6 is 23.5 Å². The number of hydrogen-bond acceptors (Lipinski definition) is 4. The van der Waals surface area contributed by atoms with Crippen LogP contribution in [0.3, 0.4) is 0 Å². The molecule has 0 atom stereocenters. The zero-order valence-electron chi connectivity index (χ0n) is 8.63. The van der Waals surface area contributed by atoms with Gasteiger partial charge in [-0.3, -0.25) is 4.79 Å². The van der Waals surface area contributed by atoms with Gasteiger partial charge < -0.3 is 0 Å². The molecule has 1 aliphatic heterocycles. The van der Waals surface area contributed by atoms with Crippen molar-refractivity contribution in [2.45, 2.75) is 5.75 Å². The van der Waals surface area contributed by atoms with E-state index in [1.54, 1.807) is 29.7 Å². The van der Waals surface area contributed by atoms with E-state index in [0.29, 0.717) is 0 Å². The van der Waals surface area contributed by atoms with Gasteiger partial charge in [0.25, 0.3) is 0 Å². The minimum atomic E-state index is 0.740. The Morgan fingerprint density at radius 2 is 2.19 bits per heavy atom. The SMILES string of the molecule is O=CC1=CN=C(SCc2ccccc2)SC1. The van der Waals surface area contributed by atoms with E-state index < -0.39 is 0 Å². The lowest BCUT2D eigenvalue weighted by Crippen LogP contribution is -1.99. The highest BCUT2D eigenvalue weighted by Crippen LogP contribution is 2.25. The summed E-state index contributed by atoms with van der Waals surface area (Å²) >= 11 is 3.34. The van der Waals surface area contributed by atoms with Gasteiger partial charge in [0.1, 0.15) is 10.7 Å². The largest absolute Gasteiger partial charge is 0.298 e. The highest BCUT2D eigenvalue weighted by molar-refractivity contribution is 8.38. The molecule has 4 heteroatoms. The summed E-state index contributed by atoms with van der Waals surface area (Å²) in [6, 6.07) is 10.3. The molecular formula is C12H11NOS2. The van der Waals surface area contributed by atoms with Crippen LogP contribution in [0.25, 0.3) is 0 Å². The molecule has 82 valence electrons. The molecule has 1 aliphatic rings. The second-order valence-corrected chi connectivity index (χ2v) is 5.47. The molecule has 0 N–H and O–H groups in total. The maximum atomic E-state index is 10.5. The van der Waals surface area contributed by atoms with Crippen LogP contribution in [0.15, 0.2) is 47.1 Å². The van der Waals surface area contributed by atoms with E-state index in [1.807, 2.05) is 18.2 Å². The van der Waals surface area contributed by atoms with Crippen molar-refractivity contribution in [2.24, 2.45) is 4.99 Å². The fraction of sp³-hybridized carbons (Fsp3) is 0.167. The molecule has 1 heterocycles. The Hall–Kier alpha value is -1.00. The minimum Gasteiger partial charge on any atom is -0.298 e. The van der Waals surface area contributed by atoms with Gasteiger partial charge in [-0.05, 0) is 5.56 Å². The van der Waals surface area contributed by atoms with Crippen molar-refractivity contribution in [3.8, 4) is 0 Å². The molecule has 0 radical (unpaired) electrons. The van der Waals surface area contributed by atoms with E-state index >= 15 is 0 Å². The van der Waals surface area contributed by atoms with Crippen LogP contribution in [0.2, 0.25) is 0 Å². The Morgan fingerprint density at radius 1 is 1.38 bits per heavy atom. The van der Waals surface area contributed by atoms with Crippen LogP contribution in [-0.4, -0.2) is 16.4 Å². The molecule has 0 saturated heterocycles. The standard InChI is InChI=1S/C12H11NOS2/c14-7-11-6-13-12(16-9-11)15-8-10-4-2-1-3-5-10/h1-7H,8-9H2. The van der Waals surface area contributed by atoms with Gasteiger partial charge in [-0.25, -0.2) is 4.99 Å². The maximum Gasteiger partial charge on any atom is 0.148 e. The highest BCUT2D eigenvalue weighted by Gasteiger charge is 2.08. The molecule has 16 heavy (non-hydrogen) atoms. The van der Waals surface area contributed by atoms with Crippen LogP contribution in [0.5, 0.6) is 0 Å². The molecule has 1 aromatic carbocycles. The lowest BCUT2D eigenvalue weighted by atomic mass is 10.2. The topological polar surface area (TPSA) is 29.4 Å². The van der Waals surface area contributed by atoms with Crippen molar-refractivity contribution < 1.29 is 4.79 Å². The number of benzene rings is 1. The predicted molar refractivity (Wildman–Crippen MR) is 71.8 cm³/mol. The zero-order chi connectivity index (χ0) is 11.2. The number of carbonyl (C=O) groups excluding carboxylic acids is 1. The first-order valence-corrected chi connectivity index (χ1v) is 6.87. The highest BCUT2D eigenvalue weighted by atomic mass is 32.2. The average Bonchev–Trinajstić information content (AvgIpc) is 2.38. The summed E-state index contributed by atoms with van der Waals surface area (Å²) in [5, 5.41) is 0. The summed E-state index contributed by atoms with van der Waals surface area (Å²) < 4.78 is 1.04. The minimum absolute atomic E-state index is 0.740. The summed E-state index contributed by atoms with van der Waals surface area (Å²) in [5.74, 6) is 1.67. The summed E-state index contributed by atoms with van der Waals surface area (Å²) in [7, 11) is 0. The number of hydrogen-bond donors (Lipinski definition) is 0. The fourth-order valence-corrected chi connectivity index (χ4v) is 3.07. The van der Waals surface area contributed by atoms with Crippen molar-refractivity contribution >= 4 is 34.2 Å². The number of thioether (sulfide) groups is 2. The maximum absolute atomic E-state index is 10.5. The van der Waals surface area contributed by atoms with Crippen LogP contribution in [0, 0.1) is 0 Å². The normalized spacial score (nSPS) is 15.2. The van der Waals surface area contributed by atoms with Gasteiger partial charge in [0.2, 0.25) is 0 Å². The molecule has 0 unspecified atom stereocenters. The van der Waals surface area contributed by atoms with Gasteiger partial charge in [0.05, 0.1) is 0 Å². The van der Waals surface area contributed by atoms with E-state index in [9.17, 15) is 4.79 Å². The van der Waals surface area contributed by atoms with Crippen LogP contribution in [0.4, 0.5) is 0 Å². The first kappa shape index (κ1) is 11.5. The summed E-state index contributed by atoms with van der Waals surface area (Å²) in [6.45, 7) is 0. The van der Waals surface area contributed by atoms with Crippen molar-refractivity contribution in [1.82, 2.24) is 0 Å². The Morgan fingerprint density at radius 3 is 2.81 bits per heavy atom. The van der Waals surface area contributed by atoms with E-state index in [-0.39, 0.29) is 0 Å².